The van der Waals surface area contributed by atoms with Gasteiger partial charge in [-0.1, -0.05) is 13.8 Å². The summed E-state index contributed by atoms with van der Waals surface area (Å²) in [7, 11) is 0. The summed E-state index contributed by atoms with van der Waals surface area (Å²) >= 11 is 2.35. The quantitative estimate of drug-likeness (QED) is 0.730. The second kappa shape index (κ2) is 5.49. The molecule has 4 nitrogen and oxygen atoms in total. The first-order chi connectivity index (χ1) is 10.1. The van der Waals surface area contributed by atoms with E-state index in [-0.39, 0.29) is 0 Å². The molecular weight excluding hydrogens is 377 g/mol. The molecular formula is C16H24IN3O. The van der Waals surface area contributed by atoms with Crippen LogP contribution in [0.25, 0.3) is 0 Å². The van der Waals surface area contributed by atoms with Gasteiger partial charge in [-0.05, 0) is 47.3 Å². The van der Waals surface area contributed by atoms with Gasteiger partial charge in [0.2, 0.25) is 0 Å². The number of halogens is 1. The number of hydrogen-bond acceptors (Lipinski definition) is 3. The van der Waals surface area contributed by atoms with E-state index in [0.29, 0.717) is 5.92 Å². The minimum atomic E-state index is 0.518. The van der Waals surface area contributed by atoms with Crippen molar-refractivity contribution in [3.63, 3.8) is 0 Å². The highest BCUT2D eigenvalue weighted by molar-refractivity contribution is 14.1. The average Bonchev–Trinajstić information content (AvgIpc) is 2.86. The first kappa shape index (κ1) is 14.5. The predicted octanol–water partition coefficient (Wildman–Crippen LogP) is 2.89. The normalized spacial score (nSPS) is 36.2. The third kappa shape index (κ3) is 2.55. The third-order valence-corrected chi connectivity index (χ3v) is 6.03. The highest BCUT2D eigenvalue weighted by Crippen LogP contribution is 2.62. The van der Waals surface area contributed by atoms with Gasteiger partial charge in [0.25, 0.3) is 0 Å². The maximum atomic E-state index is 5.48. The van der Waals surface area contributed by atoms with Crippen LogP contribution in [0.1, 0.15) is 44.5 Å². The van der Waals surface area contributed by atoms with E-state index in [4.69, 9.17) is 9.72 Å². The van der Waals surface area contributed by atoms with E-state index in [1.165, 1.54) is 18.7 Å². The molecule has 0 N–H and O–H groups in total. The van der Waals surface area contributed by atoms with Gasteiger partial charge >= 0.3 is 0 Å². The summed E-state index contributed by atoms with van der Waals surface area (Å²) in [6.07, 6.45) is 5.02. The molecule has 1 saturated heterocycles. The molecule has 1 aromatic rings. The first-order valence-electron chi connectivity index (χ1n) is 8.21. The Bertz CT molecular complexity index is 512. The van der Waals surface area contributed by atoms with Crippen molar-refractivity contribution in [1.29, 1.82) is 0 Å². The van der Waals surface area contributed by atoms with E-state index in [1.807, 2.05) is 0 Å². The lowest BCUT2D eigenvalue weighted by Crippen LogP contribution is -2.43. The van der Waals surface area contributed by atoms with Crippen molar-refractivity contribution in [3.8, 4) is 0 Å². The lowest BCUT2D eigenvalue weighted by atomic mass is 10.1. The van der Waals surface area contributed by atoms with Crippen LogP contribution in [0.3, 0.4) is 0 Å². The van der Waals surface area contributed by atoms with Crippen molar-refractivity contribution in [2.75, 3.05) is 26.3 Å². The molecule has 0 amide bonds. The van der Waals surface area contributed by atoms with Crippen LogP contribution in [-0.2, 0) is 4.74 Å². The Morgan fingerprint density at radius 1 is 1.24 bits per heavy atom. The predicted molar refractivity (Wildman–Crippen MR) is 90.5 cm³/mol. The van der Waals surface area contributed by atoms with Crippen molar-refractivity contribution in [1.82, 2.24) is 14.5 Å². The molecule has 1 unspecified atom stereocenters. The van der Waals surface area contributed by atoms with Crippen LogP contribution in [-0.4, -0.2) is 46.8 Å². The Labute approximate surface area is 140 Å². The lowest BCUT2D eigenvalue weighted by molar-refractivity contribution is 0.0146. The van der Waals surface area contributed by atoms with Gasteiger partial charge in [-0.15, -0.1) is 0 Å². The molecule has 3 aliphatic rings. The molecule has 4 atom stereocenters. The summed E-state index contributed by atoms with van der Waals surface area (Å²) in [5.41, 5.74) is 0. The Hall–Kier alpha value is -0.140. The van der Waals surface area contributed by atoms with Crippen LogP contribution >= 0.6 is 22.6 Å². The molecule has 21 heavy (non-hydrogen) atoms. The number of nitrogens with zero attached hydrogens (tertiary/aromatic N) is 3. The molecule has 4 rings (SSSR count). The van der Waals surface area contributed by atoms with Crippen molar-refractivity contribution >= 4 is 22.6 Å². The van der Waals surface area contributed by atoms with Gasteiger partial charge < -0.3 is 9.30 Å². The Morgan fingerprint density at radius 2 is 1.90 bits per heavy atom. The molecule has 0 aromatic carbocycles. The van der Waals surface area contributed by atoms with E-state index < -0.39 is 0 Å². The minimum Gasteiger partial charge on any atom is -0.379 e. The molecule has 0 bridgehead atoms. The van der Waals surface area contributed by atoms with Crippen LogP contribution in [0, 0.1) is 15.5 Å². The van der Waals surface area contributed by atoms with E-state index in [9.17, 15) is 0 Å². The molecule has 0 radical (unpaired) electrons. The number of ether oxygens (including phenoxy) is 1. The highest BCUT2D eigenvalue weighted by atomic mass is 127. The van der Waals surface area contributed by atoms with E-state index in [1.54, 1.807) is 0 Å². The van der Waals surface area contributed by atoms with Gasteiger partial charge in [0.15, 0.2) is 0 Å². The van der Waals surface area contributed by atoms with Crippen LogP contribution < -0.4 is 0 Å². The van der Waals surface area contributed by atoms with Crippen LogP contribution in [0.5, 0.6) is 0 Å². The topological polar surface area (TPSA) is 30.3 Å². The largest absolute Gasteiger partial charge is 0.379 e. The van der Waals surface area contributed by atoms with Crippen LogP contribution in [0.2, 0.25) is 0 Å². The second-order valence-electron chi connectivity index (χ2n) is 7.08. The Morgan fingerprint density at radius 3 is 2.52 bits per heavy atom. The van der Waals surface area contributed by atoms with E-state index >= 15 is 0 Å². The summed E-state index contributed by atoms with van der Waals surface area (Å²) in [5.74, 6) is 3.58. The SMILES string of the molecule is CC(C)c1nc(I)cn1[C@H]1[C@@H]2CC(N3CCOCC3)C[C@@H]21. The number of morpholine rings is 1. The number of hydrogen-bond donors (Lipinski definition) is 0. The van der Waals surface area contributed by atoms with Gasteiger partial charge in [-0.2, -0.15) is 0 Å². The van der Waals surface area contributed by atoms with Crippen molar-refractivity contribution in [3.05, 3.63) is 15.7 Å². The monoisotopic (exact) mass is 401 g/mol. The standard InChI is InChI=1S/C16H24IN3O/c1-10(2)16-18-14(17)9-20(16)15-12-7-11(8-13(12)15)19-3-5-21-6-4-19/h9-13,15H,3-8H2,1-2H3/t11?,12-,13+,15+. The minimum absolute atomic E-state index is 0.518. The summed E-state index contributed by atoms with van der Waals surface area (Å²) in [6.45, 7) is 8.62. The third-order valence-electron chi connectivity index (χ3n) is 5.51. The molecule has 0 spiro atoms. The molecule has 2 aliphatic carbocycles. The van der Waals surface area contributed by atoms with Crippen LogP contribution in [0.15, 0.2) is 6.20 Å². The zero-order valence-corrected chi connectivity index (χ0v) is 15.0. The molecule has 2 saturated carbocycles. The van der Waals surface area contributed by atoms with Gasteiger partial charge in [-0.3, -0.25) is 4.90 Å². The first-order valence-corrected chi connectivity index (χ1v) is 9.29. The number of aromatic nitrogens is 2. The van der Waals surface area contributed by atoms with E-state index in [2.05, 4.69) is 52.1 Å². The molecule has 1 aromatic heterocycles. The summed E-state index contributed by atoms with van der Waals surface area (Å²) < 4.78 is 9.12. The molecule has 1 aliphatic heterocycles. The molecule has 3 fully saturated rings. The van der Waals surface area contributed by atoms with Gasteiger partial charge in [0, 0.05) is 37.3 Å². The van der Waals surface area contributed by atoms with Crippen LogP contribution in [0.4, 0.5) is 0 Å². The Balaban J connectivity index is 1.44. The highest BCUT2D eigenvalue weighted by Gasteiger charge is 2.58. The van der Waals surface area contributed by atoms with Gasteiger partial charge in [0.1, 0.15) is 9.53 Å². The van der Waals surface area contributed by atoms with E-state index in [0.717, 1.165) is 53.9 Å². The Kier molecular flexibility index (Phi) is 3.78. The summed E-state index contributed by atoms with van der Waals surface area (Å²) in [4.78, 5) is 7.39. The van der Waals surface area contributed by atoms with Gasteiger partial charge in [0.05, 0.1) is 13.2 Å². The molecule has 5 heteroatoms. The lowest BCUT2D eigenvalue weighted by Gasteiger charge is -2.33. The molecule has 2 heterocycles. The fraction of sp³-hybridized carbons (Fsp3) is 0.812. The smallest absolute Gasteiger partial charge is 0.119 e. The van der Waals surface area contributed by atoms with Crippen molar-refractivity contribution < 1.29 is 4.74 Å². The van der Waals surface area contributed by atoms with Crippen molar-refractivity contribution in [2.24, 2.45) is 11.8 Å². The number of rotatable bonds is 3. The number of imidazole rings is 1. The average molecular weight is 401 g/mol. The van der Waals surface area contributed by atoms with Gasteiger partial charge in [-0.25, -0.2) is 4.98 Å². The summed E-state index contributed by atoms with van der Waals surface area (Å²) in [5, 5.41) is 0. The maximum Gasteiger partial charge on any atom is 0.119 e. The maximum absolute atomic E-state index is 5.48. The number of fused-ring (bicyclic) bond motifs is 1. The van der Waals surface area contributed by atoms with Crippen molar-refractivity contribution in [2.45, 2.75) is 44.7 Å². The molecule has 116 valence electrons. The zero-order chi connectivity index (χ0) is 14.6. The zero-order valence-electron chi connectivity index (χ0n) is 12.8. The fourth-order valence-electron chi connectivity index (χ4n) is 4.47. The fourth-order valence-corrected chi connectivity index (χ4v) is 5.02. The summed E-state index contributed by atoms with van der Waals surface area (Å²) in [6, 6.07) is 1.54. The second-order valence-corrected chi connectivity index (χ2v) is 8.18.